The zero-order chi connectivity index (χ0) is 10.2. The summed E-state index contributed by atoms with van der Waals surface area (Å²) in [6.07, 6.45) is 0. The molecule has 0 aliphatic carbocycles. The fourth-order valence-electron chi connectivity index (χ4n) is 1.20. The normalized spacial score (nSPS) is 10.1. The molecule has 0 bridgehead atoms. The Kier molecular flexibility index (Phi) is 5.07. The van der Waals surface area contributed by atoms with Gasteiger partial charge in [-0.3, -0.25) is 4.90 Å². The molecule has 0 fully saturated rings. The van der Waals surface area contributed by atoms with Gasteiger partial charge >= 0.3 is 0 Å². The fourth-order valence-corrected chi connectivity index (χ4v) is 1.95. The lowest BCUT2D eigenvalue weighted by Gasteiger charge is -2.17. The zero-order valence-corrected chi connectivity index (χ0v) is 9.07. The highest BCUT2D eigenvalue weighted by molar-refractivity contribution is 7.09. The van der Waals surface area contributed by atoms with Crippen LogP contribution in [0.1, 0.15) is 11.8 Å². The zero-order valence-electron chi connectivity index (χ0n) is 8.26. The molecule has 0 aliphatic heterocycles. The fraction of sp³-hybridized carbons (Fsp3) is 0.556. The maximum Gasteiger partial charge on any atom is 0.0385 e. The molecule has 1 rings (SSSR count). The van der Waals surface area contributed by atoms with E-state index in [9.17, 15) is 0 Å². The summed E-state index contributed by atoms with van der Waals surface area (Å²) in [7, 11) is 0. The van der Waals surface area contributed by atoms with Crippen LogP contribution in [-0.2, 0) is 6.54 Å². The van der Waals surface area contributed by atoms with Gasteiger partial charge in [-0.1, -0.05) is 18.1 Å². The smallest absolute Gasteiger partial charge is 0.0385 e. The van der Waals surface area contributed by atoms with E-state index < -0.39 is 0 Å². The summed E-state index contributed by atoms with van der Waals surface area (Å²) in [5.41, 5.74) is 8.15. The largest absolute Gasteiger partial charge is 0.298 e. The Morgan fingerprint density at radius 1 is 1.64 bits per heavy atom. The number of likely N-dealkylation sites (N-methyl/N-ethyl adjacent to an activating group) is 1. The van der Waals surface area contributed by atoms with Crippen LogP contribution in [0.3, 0.4) is 0 Å². The van der Waals surface area contributed by atoms with Crippen LogP contribution < -0.4 is 0 Å². The summed E-state index contributed by atoms with van der Waals surface area (Å²) in [5.74, 6) is 0. The molecule has 14 heavy (non-hydrogen) atoms. The first kappa shape index (κ1) is 11.0. The van der Waals surface area contributed by atoms with Gasteiger partial charge in [0.1, 0.15) is 0 Å². The van der Waals surface area contributed by atoms with Gasteiger partial charge in [0.15, 0.2) is 0 Å². The monoisotopic (exact) mass is 210 g/mol. The average molecular weight is 210 g/mol. The second-order valence-corrected chi connectivity index (χ2v) is 3.93. The van der Waals surface area contributed by atoms with E-state index in [0.717, 1.165) is 19.6 Å². The van der Waals surface area contributed by atoms with Gasteiger partial charge in [-0.05, 0) is 23.5 Å². The third-order valence-corrected chi connectivity index (χ3v) is 2.85. The van der Waals surface area contributed by atoms with Gasteiger partial charge in [0.25, 0.3) is 0 Å². The molecule has 5 heteroatoms. The SMILES string of the molecule is CCN(CCN=[N+]=[N-])Cc1cccs1. The standard InChI is InChI=1S/C9H14N4S/c1-2-13(6-5-11-12-10)8-9-4-3-7-14-9/h3-4,7H,2,5-6,8H2,1H3. The molecule has 0 N–H and O–H groups in total. The molecule has 0 atom stereocenters. The van der Waals surface area contributed by atoms with Crippen molar-refractivity contribution in [3.63, 3.8) is 0 Å². The van der Waals surface area contributed by atoms with Crippen molar-refractivity contribution in [1.82, 2.24) is 4.90 Å². The van der Waals surface area contributed by atoms with Crippen LogP contribution in [0, 0.1) is 0 Å². The van der Waals surface area contributed by atoms with Crippen molar-refractivity contribution in [2.24, 2.45) is 5.11 Å². The number of hydrogen-bond acceptors (Lipinski definition) is 3. The molecule has 76 valence electrons. The Hall–Kier alpha value is -1.03. The highest BCUT2D eigenvalue weighted by Crippen LogP contribution is 2.11. The maximum atomic E-state index is 8.15. The molecule has 0 saturated heterocycles. The third kappa shape index (κ3) is 3.79. The molecule has 1 heterocycles. The number of azide groups is 1. The van der Waals surface area contributed by atoms with E-state index >= 15 is 0 Å². The molecule has 0 unspecified atom stereocenters. The van der Waals surface area contributed by atoms with Crippen LogP contribution in [0.15, 0.2) is 22.6 Å². The molecule has 0 saturated carbocycles. The molecule has 0 amide bonds. The Labute approximate surface area is 87.8 Å². The predicted molar refractivity (Wildman–Crippen MR) is 59.3 cm³/mol. The molecular weight excluding hydrogens is 196 g/mol. The van der Waals surface area contributed by atoms with Gasteiger partial charge in [0.2, 0.25) is 0 Å². The van der Waals surface area contributed by atoms with Crippen molar-refractivity contribution in [3.8, 4) is 0 Å². The van der Waals surface area contributed by atoms with Crippen molar-refractivity contribution in [2.45, 2.75) is 13.5 Å². The Bertz CT molecular complexity index is 290. The van der Waals surface area contributed by atoms with Crippen LogP contribution in [0.4, 0.5) is 0 Å². The summed E-state index contributed by atoms with van der Waals surface area (Å²) >= 11 is 1.76. The predicted octanol–water partition coefficient (Wildman–Crippen LogP) is 2.88. The minimum atomic E-state index is 0.551. The molecule has 1 aromatic heterocycles. The molecule has 0 spiro atoms. The van der Waals surface area contributed by atoms with Crippen LogP contribution in [-0.4, -0.2) is 24.5 Å². The van der Waals surface area contributed by atoms with E-state index in [1.807, 2.05) is 0 Å². The molecular formula is C9H14N4S. The Morgan fingerprint density at radius 3 is 3.07 bits per heavy atom. The van der Waals surface area contributed by atoms with Crippen molar-refractivity contribution in [2.75, 3.05) is 19.6 Å². The lowest BCUT2D eigenvalue weighted by molar-refractivity contribution is 0.290. The Balaban J connectivity index is 2.35. The lowest BCUT2D eigenvalue weighted by atomic mass is 10.4. The summed E-state index contributed by atoms with van der Waals surface area (Å²) in [5, 5.41) is 5.61. The molecule has 0 aliphatic rings. The first-order valence-electron chi connectivity index (χ1n) is 4.62. The van der Waals surface area contributed by atoms with E-state index in [4.69, 9.17) is 5.53 Å². The van der Waals surface area contributed by atoms with Crippen LogP contribution in [0.5, 0.6) is 0 Å². The maximum absolute atomic E-state index is 8.15. The minimum Gasteiger partial charge on any atom is -0.298 e. The van der Waals surface area contributed by atoms with Crippen LogP contribution in [0.25, 0.3) is 10.4 Å². The van der Waals surface area contributed by atoms with Crippen molar-refractivity contribution in [3.05, 3.63) is 32.8 Å². The number of hydrogen-bond donors (Lipinski definition) is 0. The van der Waals surface area contributed by atoms with E-state index in [1.54, 1.807) is 11.3 Å². The first-order valence-corrected chi connectivity index (χ1v) is 5.50. The molecule has 1 aromatic rings. The highest BCUT2D eigenvalue weighted by Gasteiger charge is 2.02. The van der Waals surface area contributed by atoms with Gasteiger partial charge < -0.3 is 0 Å². The molecule has 0 aromatic carbocycles. The summed E-state index contributed by atoms with van der Waals surface area (Å²) in [6.45, 7) is 5.44. The lowest BCUT2D eigenvalue weighted by Crippen LogP contribution is -2.25. The number of nitrogens with zero attached hydrogens (tertiary/aromatic N) is 4. The van der Waals surface area contributed by atoms with E-state index in [1.165, 1.54) is 4.88 Å². The number of thiophene rings is 1. The topological polar surface area (TPSA) is 52.0 Å². The van der Waals surface area contributed by atoms with Crippen LogP contribution in [0.2, 0.25) is 0 Å². The average Bonchev–Trinajstić information content (AvgIpc) is 2.69. The summed E-state index contributed by atoms with van der Waals surface area (Å²) in [6, 6.07) is 4.18. The summed E-state index contributed by atoms with van der Waals surface area (Å²) in [4.78, 5) is 6.36. The quantitative estimate of drug-likeness (QED) is 0.404. The van der Waals surface area contributed by atoms with Crippen molar-refractivity contribution in [1.29, 1.82) is 0 Å². The third-order valence-electron chi connectivity index (χ3n) is 1.99. The molecule has 4 nitrogen and oxygen atoms in total. The van der Waals surface area contributed by atoms with Gasteiger partial charge in [0, 0.05) is 29.4 Å². The minimum absolute atomic E-state index is 0.551. The first-order chi connectivity index (χ1) is 6.86. The van der Waals surface area contributed by atoms with E-state index in [2.05, 4.69) is 39.4 Å². The van der Waals surface area contributed by atoms with Crippen LogP contribution >= 0.6 is 11.3 Å². The van der Waals surface area contributed by atoms with Gasteiger partial charge in [0.05, 0.1) is 0 Å². The molecule has 0 radical (unpaired) electrons. The Morgan fingerprint density at radius 2 is 2.50 bits per heavy atom. The van der Waals surface area contributed by atoms with Gasteiger partial charge in [-0.25, -0.2) is 0 Å². The second-order valence-electron chi connectivity index (χ2n) is 2.90. The van der Waals surface area contributed by atoms with Gasteiger partial charge in [-0.15, -0.1) is 11.3 Å². The van der Waals surface area contributed by atoms with E-state index in [-0.39, 0.29) is 0 Å². The van der Waals surface area contributed by atoms with E-state index in [0.29, 0.717) is 6.54 Å². The van der Waals surface area contributed by atoms with Crippen molar-refractivity contribution >= 4 is 11.3 Å². The highest BCUT2D eigenvalue weighted by atomic mass is 32.1. The van der Waals surface area contributed by atoms with Crippen molar-refractivity contribution < 1.29 is 0 Å². The second kappa shape index (κ2) is 6.43. The number of rotatable bonds is 6. The van der Waals surface area contributed by atoms with Gasteiger partial charge in [-0.2, -0.15) is 0 Å². The summed E-state index contributed by atoms with van der Waals surface area (Å²) < 4.78 is 0.